The molecule has 382 valence electrons. The van der Waals surface area contributed by atoms with Gasteiger partial charge in [-0.2, -0.15) is 4.98 Å². The zero-order valence-electron chi connectivity index (χ0n) is 39.9. The quantitative estimate of drug-likeness (QED) is 0.0560. The van der Waals surface area contributed by atoms with Gasteiger partial charge in [0, 0.05) is 50.9 Å². The molecule has 3 N–H and O–H groups in total. The van der Waals surface area contributed by atoms with Crippen LogP contribution in [-0.2, 0) is 53.3 Å². The van der Waals surface area contributed by atoms with Crippen LogP contribution in [-0.4, -0.2) is 156 Å². The van der Waals surface area contributed by atoms with Crippen molar-refractivity contribution in [3.05, 3.63) is 87.1 Å². The molecule has 0 bridgehead atoms. The molecule has 2 aromatic carbocycles. The van der Waals surface area contributed by atoms with Crippen LogP contribution < -0.4 is 35.9 Å². The number of fused-ring (bicyclic) bond motifs is 2. The summed E-state index contributed by atoms with van der Waals surface area (Å²) in [6.07, 6.45) is 6.37. The van der Waals surface area contributed by atoms with E-state index in [2.05, 4.69) is 36.1 Å². The Balaban J connectivity index is 0.651. The molecule has 5 amide bonds. The van der Waals surface area contributed by atoms with Gasteiger partial charge in [0.25, 0.3) is 23.3 Å². The van der Waals surface area contributed by atoms with Crippen LogP contribution in [0.4, 0.5) is 17.5 Å². The molecule has 24 heteroatoms. The average molecular weight is 1010 g/mol. The number of carbonyl (C=O) groups excluding carboxylic acids is 5. The smallest absolute Gasteiger partial charge is 0.293 e. The molecule has 3 aromatic heterocycles. The minimum absolute atomic E-state index is 0.0519. The van der Waals surface area contributed by atoms with E-state index in [-0.39, 0.29) is 61.0 Å². The molecule has 5 aromatic rings. The molecule has 2 fully saturated rings. The summed E-state index contributed by atoms with van der Waals surface area (Å²) in [5, 5.41) is 17.7. The van der Waals surface area contributed by atoms with Crippen molar-refractivity contribution in [3.63, 3.8) is 0 Å². The van der Waals surface area contributed by atoms with Gasteiger partial charge in [-0.1, -0.05) is 16.8 Å². The fraction of sp³-hybridized carbons (Fsp3) is 0.458. The van der Waals surface area contributed by atoms with E-state index in [4.69, 9.17) is 45.0 Å². The van der Waals surface area contributed by atoms with Gasteiger partial charge >= 0.3 is 0 Å². The largest absolute Gasteiger partial charge is 0.491 e. The van der Waals surface area contributed by atoms with Crippen LogP contribution in [0.25, 0.3) is 10.9 Å². The first kappa shape index (κ1) is 51.3. The third-order valence-corrected chi connectivity index (χ3v) is 12.6. The van der Waals surface area contributed by atoms with Crippen LogP contribution >= 0.6 is 11.6 Å². The first-order valence-corrected chi connectivity index (χ1v) is 24.0. The first-order chi connectivity index (χ1) is 34.9. The van der Waals surface area contributed by atoms with E-state index < -0.39 is 29.7 Å². The fourth-order valence-corrected chi connectivity index (χ4v) is 8.58. The highest BCUT2D eigenvalue weighted by atomic mass is 35.5. The molecule has 1 unspecified atom stereocenters. The molecule has 0 spiro atoms. The minimum Gasteiger partial charge on any atom is -0.491 e. The van der Waals surface area contributed by atoms with Crippen molar-refractivity contribution in [3.8, 4) is 11.5 Å². The number of hydrogen-bond acceptors (Lipinski definition) is 18. The van der Waals surface area contributed by atoms with Crippen molar-refractivity contribution in [2.75, 3.05) is 96.4 Å². The number of hydrogen-bond donors (Lipinski definition) is 3. The molecule has 72 heavy (non-hydrogen) atoms. The van der Waals surface area contributed by atoms with Gasteiger partial charge in [0.05, 0.1) is 87.9 Å². The Hall–Kier alpha value is -7.05. The summed E-state index contributed by atoms with van der Waals surface area (Å²) in [6.45, 7) is 5.14. The lowest BCUT2D eigenvalue weighted by atomic mass is 9.92. The van der Waals surface area contributed by atoms with Crippen molar-refractivity contribution >= 4 is 69.5 Å². The lowest BCUT2D eigenvalue weighted by Crippen LogP contribution is -2.54. The summed E-state index contributed by atoms with van der Waals surface area (Å²) in [6, 6.07) is 10.6. The molecule has 23 nitrogen and oxygen atoms in total. The molecule has 3 aliphatic rings. The van der Waals surface area contributed by atoms with Crippen molar-refractivity contribution in [1.82, 2.24) is 45.1 Å². The molecule has 3 aliphatic heterocycles. The summed E-state index contributed by atoms with van der Waals surface area (Å²) in [7, 11) is 3.15. The molecular weight excluding hydrogens is 958 g/mol. The van der Waals surface area contributed by atoms with Gasteiger partial charge in [0.15, 0.2) is 18.2 Å². The number of nitrogens with zero attached hydrogens (tertiary/aromatic N) is 8. The highest BCUT2D eigenvalue weighted by Crippen LogP contribution is 2.32. The van der Waals surface area contributed by atoms with Gasteiger partial charge in [-0.3, -0.25) is 39.0 Å². The van der Waals surface area contributed by atoms with Crippen molar-refractivity contribution < 1.29 is 52.4 Å². The third-order valence-electron chi connectivity index (χ3n) is 12.3. The number of aromatic nitrogens is 6. The van der Waals surface area contributed by atoms with Crippen molar-refractivity contribution in [2.45, 2.75) is 44.7 Å². The Bertz CT molecular complexity index is 2830. The van der Waals surface area contributed by atoms with Crippen molar-refractivity contribution in [2.24, 2.45) is 13.0 Å². The van der Waals surface area contributed by atoms with Crippen LogP contribution in [0.15, 0.2) is 59.7 Å². The second-order valence-corrected chi connectivity index (χ2v) is 17.6. The second kappa shape index (κ2) is 24.4. The molecule has 0 aliphatic carbocycles. The van der Waals surface area contributed by atoms with Crippen LogP contribution in [0.3, 0.4) is 0 Å². The molecule has 8 rings (SSSR count). The van der Waals surface area contributed by atoms with Crippen LogP contribution in [0.5, 0.6) is 11.5 Å². The number of anilines is 3. The second-order valence-electron chi connectivity index (χ2n) is 17.2. The number of amides is 5. The van der Waals surface area contributed by atoms with Gasteiger partial charge in [-0.15, -0.1) is 5.10 Å². The topological polar surface area (TPSA) is 262 Å². The SMILES string of the molecule is CNC(=O)COc1cc2cc(Nc3nc(N4CCC(Cc5cn(CCOCCOCCOCCOCCOc6ccc7c(c6)C(=O)N(C6CCC(=O)NC6=O)C7=O)nn5)CC4)ncc3Cl)ccc2n(C)c1=O. The molecule has 0 saturated carbocycles. The Labute approximate surface area is 418 Å². The zero-order chi connectivity index (χ0) is 50.6. The maximum atomic E-state index is 13.0. The van der Waals surface area contributed by atoms with E-state index in [9.17, 15) is 28.8 Å². The van der Waals surface area contributed by atoms with E-state index in [1.54, 1.807) is 30.1 Å². The summed E-state index contributed by atoms with van der Waals surface area (Å²) in [5.74, 6) is -0.700. The maximum absolute atomic E-state index is 13.0. The Kier molecular flexibility index (Phi) is 17.4. The fourth-order valence-electron chi connectivity index (χ4n) is 8.44. The summed E-state index contributed by atoms with van der Waals surface area (Å²) in [5.41, 5.74) is 2.30. The van der Waals surface area contributed by atoms with Crippen LogP contribution in [0.2, 0.25) is 5.02 Å². The molecule has 6 heterocycles. The lowest BCUT2D eigenvalue weighted by Gasteiger charge is -2.31. The number of likely N-dealkylation sites (N-methyl/N-ethyl adjacent to an activating group) is 1. The highest BCUT2D eigenvalue weighted by molar-refractivity contribution is 6.33. The number of aryl methyl sites for hydroxylation is 1. The van der Waals surface area contributed by atoms with Crippen LogP contribution in [0.1, 0.15) is 52.1 Å². The number of halogens is 1. The average Bonchev–Trinajstić information content (AvgIpc) is 3.93. The third kappa shape index (κ3) is 12.9. The number of piperidine rings is 2. The number of ether oxygens (including phenoxy) is 6. The highest BCUT2D eigenvalue weighted by Gasteiger charge is 2.44. The number of pyridine rings is 1. The van der Waals surface area contributed by atoms with E-state index in [0.29, 0.717) is 92.5 Å². The number of benzene rings is 2. The molecule has 1 atom stereocenters. The lowest BCUT2D eigenvalue weighted by molar-refractivity contribution is -0.136. The summed E-state index contributed by atoms with van der Waals surface area (Å²) >= 11 is 6.54. The van der Waals surface area contributed by atoms with Gasteiger partial charge in [-0.25, -0.2) is 9.67 Å². The van der Waals surface area contributed by atoms with Crippen LogP contribution in [0, 0.1) is 5.92 Å². The number of carbonyl (C=O) groups is 5. The van der Waals surface area contributed by atoms with Gasteiger partial charge in [-0.05, 0) is 74.1 Å². The van der Waals surface area contributed by atoms with Crippen molar-refractivity contribution in [1.29, 1.82) is 0 Å². The molecular formula is C48H56ClN11O12. The van der Waals surface area contributed by atoms with Gasteiger partial charge in [0.2, 0.25) is 17.8 Å². The Morgan fingerprint density at radius 1 is 0.833 bits per heavy atom. The van der Waals surface area contributed by atoms with Gasteiger partial charge in [0.1, 0.15) is 23.4 Å². The zero-order valence-corrected chi connectivity index (χ0v) is 40.7. The van der Waals surface area contributed by atoms with E-state index in [1.165, 1.54) is 23.7 Å². The minimum atomic E-state index is -1.03. The first-order valence-electron chi connectivity index (χ1n) is 23.7. The predicted molar refractivity (Wildman–Crippen MR) is 260 cm³/mol. The monoisotopic (exact) mass is 1010 g/mol. The van der Waals surface area contributed by atoms with E-state index in [0.717, 1.165) is 48.3 Å². The Morgan fingerprint density at radius 2 is 1.54 bits per heavy atom. The number of nitrogens with one attached hydrogen (secondary N) is 3. The maximum Gasteiger partial charge on any atom is 0.293 e. The Morgan fingerprint density at radius 3 is 2.26 bits per heavy atom. The normalized spacial score (nSPS) is 16.1. The van der Waals surface area contributed by atoms with Gasteiger partial charge < -0.3 is 48.5 Å². The summed E-state index contributed by atoms with van der Waals surface area (Å²) < 4.78 is 36.9. The molecule has 2 saturated heterocycles. The number of imide groups is 2. The summed E-state index contributed by atoms with van der Waals surface area (Å²) in [4.78, 5) is 86.5. The molecule has 0 radical (unpaired) electrons. The standard InChI is InChI=1S/C48H56ClN11O12/c1-50-42(62)29-72-40-25-31-24-32(3-6-38(31)57(2)47(40)66)52-43-37(49)27-51-48(54-43)58-11-9-30(10-12-58)23-33-28-59(56-55-33)13-14-67-15-16-68-17-18-69-19-20-70-21-22-71-34-4-5-35-36(26-34)46(65)60(45(35)64)39-7-8-41(61)53-44(39)63/h3-6,24-28,30,39H,7-23,29H2,1-2H3,(H,50,62)(H,51,52,54)(H,53,61,63). The van der Waals surface area contributed by atoms with E-state index in [1.807, 2.05) is 24.4 Å². The predicted octanol–water partition coefficient (Wildman–Crippen LogP) is 2.45. The van der Waals surface area contributed by atoms with E-state index >= 15 is 0 Å². The number of rotatable bonds is 25.